The lowest BCUT2D eigenvalue weighted by molar-refractivity contribution is 0.0165. The maximum absolute atomic E-state index is 5.65. The van der Waals surface area contributed by atoms with Crippen LogP contribution in [-0.2, 0) is 9.47 Å². The Hall–Kier alpha value is -0.420. The summed E-state index contributed by atoms with van der Waals surface area (Å²) in [4.78, 5) is 0. The van der Waals surface area contributed by atoms with Crippen LogP contribution in [-0.4, -0.2) is 32.5 Å². The van der Waals surface area contributed by atoms with Crippen molar-refractivity contribution < 1.29 is 9.47 Å². The minimum Gasteiger partial charge on any atom is -0.379 e. The molecule has 20 heavy (non-hydrogen) atoms. The van der Waals surface area contributed by atoms with Crippen LogP contribution in [0.4, 0.5) is 0 Å². The third kappa shape index (κ3) is 5.52. The Morgan fingerprint density at radius 1 is 1.50 bits per heavy atom. The van der Waals surface area contributed by atoms with Crippen molar-refractivity contribution in [3.8, 4) is 0 Å². The van der Waals surface area contributed by atoms with Gasteiger partial charge in [-0.3, -0.25) is 0 Å². The minimum atomic E-state index is 0.337. The summed E-state index contributed by atoms with van der Waals surface area (Å²) in [5.41, 5.74) is 1.31. The predicted octanol–water partition coefficient (Wildman–Crippen LogP) is 3.69. The first kappa shape index (κ1) is 16.0. The van der Waals surface area contributed by atoms with E-state index in [1.165, 1.54) is 12.0 Å². The van der Waals surface area contributed by atoms with Gasteiger partial charge in [-0.15, -0.1) is 0 Å². The van der Waals surface area contributed by atoms with Gasteiger partial charge in [-0.05, 0) is 50.4 Å². The molecular formula is C16H24BrNO2. The topological polar surface area (TPSA) is 30.5 Å². The van der Waals surface area contributed by atoms with Crippen molar-refractivity contribution in [2.45, 2.75) is 38.3 Å². The van der Waals surface area contributed by atoms with E-state index in [0.717, 1.165) is 43.7 Å². The molecule has 1 aliphatic heterocycles. The van der Waals surface area contributed by atoms with Crippen molar-refractivity contribution in [3.05, 3.63) is 34.3 Å². The fourth-order valence-electron chi connectivity index (χ4n) is 2.38. The first-order valence-corrected chi connectivity index (χ1v) is 8.23. The van der Waals surface area contributed by atoms with Crippen LogP contribution in [0.3, 0.4) is 0 Å². The Balaban J connectivity index is 1.54. The molecule has 1 aromatic carbocycles. The van der Waals surface area contributed by atoms with Gasteiger partial charge in [-0.1, -0.05) is 28.1 Å². The van der Waals surface area contributed by atoms with E-state index in [4.69, 9.17) is 9.47 Å². The molecule has 1 aromatic rings. The van der Waals surface area contributed by atoms with Crippen molar-refractivity contribution in [1.82, 2.24) is 5.32 Å². The number of benzene rings is 1. The zero-order valence-corrected chi connectivity index (χ0v) is 13.7. The molecule has 0 radical (unpaired) electrons. The first-order chi connectivity index (χ1) is 9.75. The van der Waals surface area contributed by atoms with Crippen molar-refractivity contribution >= 4 is 15.9 Å². The van der Waals surface area contributed by atoms with Gasteiger partial charge < -0.3 is 14.8 Å². The van der Waals surface area contributed by atoms with E-state index in [1.807, 2.05) is 0 Å². The lowest BCUT2D eigenvalue weighted by Crippen LogP contribution is -2.22. The number of hydrogen-bond donors (Lipinski definition) is 1. The van der Waals surface area contributed by atoms with Gasteiger partial charge in [-0.25, -0.2) is 0 Å². The van der Waals surface area contributed by atoms with E-state index in [0.29, 0.717) is 12.1 Å². The monoisotopic (exact) mass is 341 g/mol. The fraction of sp³-hybridized carbons (Fsp3) is 0.625. The third-order valence-electron chi connectivity index (χ3n) is 3.59. The Labute approximate surface area is 130 Å². The molecule has 0 saturated carbocycles. The second kappa shape index (κ2) is 8.78. The molecule has 0 aromatic heterocycles. The van der Waals surface area contributed by atoms with Crippen LogP contribution >= 0.6 is 15.9 Å². The molecule has 3 nitrogen and oxygen atoms in total. The van der Waals surface area contributed by atoms with Crippen molar-refractivity contribution in [3.63, 3.8) is 0 Å². The number of rotatable bonds is 8. The van der Waals surface area contributed by atoms with Gasteiger partial charge in [0.25, 0.3) is 0 Å². The van der Waals surface area contributed by atoms with Gasteiger partial charge in [-0.2, -0.15) is 0 Å². The average Bonchev–Trinajstić information content (AvgIpc) is 2.95. The van der Waals surface area contributed by atoms with Crippen LogP contribution in [0.2, 0.25) is 0 Å². The van der Waals surface area contributed by atoms with E-state index in [9.17, 15) is 0 Å². The number of halogens is 1. The van der Waals surface area contributed by atoms with Gasteiger partial charge in [0.2, 0.25) is 0 Å². The summed E-state index contributed by atoms with van der Waals surface area (Å²) in [5.74, 6) is 0. The maximum Gasteiger partial charge on any atom is 0.0809 e. The summed E-state index contributed by atoms with van der Waals surface area (Å²) < 4.78 is 12.3. The summed E-state index contributed by atoms with van der Waals surface area (Å²) in [5, 5.41) is 3.52. The molecule has 2 rings (SSSR count). The first-order valence-electron chi connectivity index (χ1n) is 7.44. The van der Waals surface area contributed by atoms with Crippen molar-refractivity contribution in [1.29, 1.82) is 0 Å². The molecule has 1 saturated heterocycles. The SMILES string of the molecule is CC(NCCCOCC1CCCO1)c1cccc(Br)c1. The second-order valence-corrected chi connectivity index (χ2v) is 6.21. The second-order valence-electron chi connectivity index (χ2n) is 5.29. The van der Waals surface area contributed by atoms with Gasteiger partial charge in [0, 0.05) is 23.7 Å². The quantitative estimate of drug-likeness (QED) is 0.731. The minimum absolute atomic E-state index is 0.337. The number of nitrogens with one attached hydrogen (secondary N) is 1. The standard InChI is InChI=1S/C16H24BrNO2/c1-13(14-5-2-6-15(17)11-14)18-8-4-9-19-12-16-7-3-10-20-16/h2,5-6,11,13,16,18H,3-4,7-10,12H2,1H3. The molecule has 0 aliphatic carbocycles. The van der Waals surface area contributed by atoms with Gasteiger partial charge in [0.1, 0.15) is 0 Å². The molecule has 112 valence electrons. The highest BCUT2D eigenvalue weighted by Gasteiger charge is 2.14. The molecule has 4 heteroatoms. The van der Waals surface area contributed by atoms with E-state index >= 15 is 0 Å². The number of hydrogen-bond acceptors (Lipinski definition) is 3. The van der Waals surface area contributed by atoms with Crippen LogP contribution < -0.4 is 5.32 Å². The fourth-order valence-corrected chi connectivity index (χ4v) is 2.79. The number of ether oxygens (including phenoxy) is 2. The van der Waals surface area contributed by atoms with Gasteiger partial charge in [0.05, 0.1) is 12.7 Å². The Kier molecular flexibility index (Phi) is 7.00. The molecule has 1 fully saturated rings. The van der Waals surface area contributed by atoms with Crippen LogP contribution in [0.5, 0.6) is 0 Å². The highest BCUT2D eigenvalue weighted by molar-refractivity contribution is 9.10. The Morgan fingerprint density at radius 3 is 3.15 bits per heavy atom. The summed E-state index contributed by atoms with van der Waals surface area (Å²) in [7, 11) is 0. The van der Waals surface area contributed by atoms with Gasteiger partial charge >= 0.3 is 0 Å². The van der Waals surface area contributed by atoms with Crippen LogP contribution in [0.1, 0.15) is 37.8 Å². The summed E-state index contributed by atoms with van der Waals surface area (Å²) >= 11 is 3.51. The molecule has 0 bridgehead atoms. The molecule has 0 amide bonds. The molecule has 2 atom stereocenters. The van der Waals surface area contributed by atoms with E-state index < -0.39 is 0 Å². The third-order valence-corrected chi connectivity index (χ3v) is 4.09. The average molecular weight is 342 g/mol. The smallest absolute Gasteiger partial charge is 0.0809 e. The van der Waals surface area contributed by atoms with E-state index in [1.54, 1.807) is 0 Å². The maximum atomic E-state index is 5.65. The highest BCUT2D eigenvalue weighted by atomic mass is 79.9. The molecule has 0 spiro atoms. The van der Waals surface area contributed by atoms with E-state index in [2.05, 4.69) is 52.4 Å². The molecular weight excluding hydrogens is 318 g/mol. The van der Waals surface area contributed by atoms with Crippen molar-refractivity contribution in [2.24, 2.45) is 0 Å². The van der Waals surface area contributed by atoms with Gasteiger partial charge in [0.15, 0.2) is 0 Å². The zero-order chi connectivity index (χ0) is 14.2. The summed E-state index contributed by atoms with van der Waals surface area (Å²) in [6.45, 7) is 5.62. The largest absolute Gasteiger partial charge is 0.379 e. The molecule has 1 heterocycles. The lowest BCUT2D eigenvalue weighted by Gasteiger charge is -2.15. The van der Waals surface area contributed by atoms with Crippen LogP contribution in [0.25, 0.3) is 0 Å². The Morgan fingerprint density at radius 2 is 2.40 bits per heavy atom. The lowest BCUT2D eigenvalue weighted by atomic mass is 10.1. The highest BCUT2D eigenvalue weighted by Crippen LogP contribution is 2.17. The molecule has 1 aliphatic rings. The summed E-state index contributed by atoms with van der Waals surface area (Å²) in [6, 6.07) is 8.80. The Bertz CT molecular complexity index is 394. The summed E-state index contributed by atoms with van der Waals surface area (Å²) in [6.07, 6.45) is 3.70. The molecule has 1 N–H and O–H groups in total. The van der Waals surface area contributed by atoms with Crippen LogP contribution in [0, 0.1) is 0 Å². The predicted molar refractivity (Wildman–Crippen MR) is 85.0 cm³/mol. The normalized spacial score (nSPS) is 20.2. The molecule has 2 unspecified atom stereocenters. The van der Waals surface area contributed by atoms with Crippen molar-refractivity contribution in [2.75, 3.05) is 26.4 Å². The zero-order valence-electron chi connectivity index (χ0n) is 12.1. The van der Waals surface area contributed by atoms with Crippen LogP contribution in [0.15, 0.2) is 28.7 Å². The van der Waals surface area contributed by atoms with E-state index in [-0.39, 0.29) is 0 Å².